The molecule has 0 aromatic heterocycles. The number of nitrogens with one attached hydrogen (secondary N) is 1. The lowest BCUT2D eigenvalue weighted by Gasteiger charge is -2.29. The molecule has 1 fully saturated rings. The summed E-state index contributed by atoms with van der Waals surface area (Å²) in [5.74, 6) is -0.271. The Morgan fingerprint density at radius 2 is 1.50 bits per heavy atom. The molecule has 0 bridgehead atoms. The summed E-state index contributed by atoms with van der Waals surface area (Å²) in [6, 6.07) is 15.8. The summed E-state index contributed by atoms with van der Waals surface area (Å²) < 4.78 is 16.1. The molecule has 0 heterocycles. The van der Waals surface area contributed by atoms with Gasteiger partial charge in [0.1, 0.15) is 12.6 Å². The number of carbonyl (C=O) groups excluding carboxylic acids is 3. The molecule has 0 saturated heterocycles. The first-order chi connectivity index (χ1) is 18.3. The third-order valence-corrected chi connectivity index (χ3v) is 6.97. The minimum Gasteiger partial charge on any atom is -0.467 e. The normalized spacial score (nSPS) is 17.9. The van der Waals surface area contributed by atoms with Crippen molar-refractivity contribution in [3.8, 4) is 0 Å². The maximum Gasteiger partial charge on any atom is 0.418 e. The molecule has 0 unspecified atom stereocenters. The maximum absolute atomic E-state index is 13.1. The number of para-hydroxylation sites is 1. The van der Waals surface area contributed by atoms with Gasteiger partial charge in [0.15, 0.2) is 0 Å². The lowest BCUT2D eigenvalue weighted by molar-refractivity contribution is -0.147. The highest BCUT2D eigenvalue weighted by molar-refractivity contribution is 6.30. The predicted octanol–water partition coefficient (Wildman–Crippen LogP) is 5.75. The van der Waals surface area contributed by atoms with Gasteiger partial charge in [-0.15, -0.1) is 0 Å². The molecule has 1 atom stereocenters. The highest BCUT2D eigenvalue weighted by Crippen LogP contribution is 2.31. The van der Waals surface area contributed by atoms with Gasteiger partial charge in [-0.1, -0.05) is 43.6 Å². The highest BCUT2D eigenvalue weighted by Gasteiger charge is 2.27. The number of carbonyl (C=O) groups is 3. The second kappa shape index (κ2) is 14.7. The summed E-state index contributed by atoms with van der Waals surface area (Å²) in [5.41, 5.74) is 1.40. The summed E-state index contributed by atoms with van der Waals surface area (Å²) in [6.07, 6.45) is 3.26. The number of anilines is 2. The molecule has 2 amide bonds. The van der Waals surface area contributed by atoms with Crippen molar-refractivity contribution in [3.63, 3.8) is 0 Å². The summed E-state index contributed by atoms with van der Waals surface area (Å²) in [4.78, 5) is 38.7. The van der Waals surface area contributed by atoms with E-state index in [9.17, 15) is 14.4 Å². The molecule has 3 rings (SSSR count). The number of methoxy groups -OCH3 is 1. The van der Waals surface area contributed by atoms with Crippen LogP contribution in [0.4, 0.5) is 16.2 Å². The molecule has 38 heavy (non-hydrogen) atoms. The van der Waals surface area contributed by atoms with Crippen LogP contribution in [0, 0.1) is 17.8 Å². The van der Waals surface area contributed by atoms with Crippen LogP contribution in [0.3, 0.4) is 0 Å². The van der Waals surface area contributed by atoms with E-state index < -0.39 is 18.1 Å². The molecule has 1 aliphatic rings. The van der Waals surface area contributed by atoms with Crippen LogP contribution in [-0.4, -0.2) is 50.9 Å². The van der Waals surface area contributed by atoms with E-state index >= 15 is 0 Å². The smallest absolute Gasteiger partial charge is 0.418 e. The van der Waals surface area contributed by atoms with Gasteiger partial charge in [0.05, 0.1) is 31.7 Å². The van der Waals surface area contributed by atoms with Crippen molar-refractivity contribution in [1.29, 1.82) is 0 Å². The van der Waals surface area contributed by atoms with Crippen molar-refractivity contribution in [2.75, 3.05) is 31.8 Å². The monoisotopic (exact) mass is 544 g/mol. The Balaban J connectivity index is 1.42. The first-order valence-corrected chi connectivity index (χ1v) is 13.4. The maximum atomic E-state index is 13.1. The number of nitrogens with zero attached hydrogens (tertiary/aromatic N) is 1. The average Bonchev–Trinajstić information content (AvgIpc) is 2.92. The molecule has 8 nitrogen and oxygen atoms in total. The van der Waals surface area contributed by atoms with E-state index in [2.05, 4.69) is 5.32 Å². The van der Waals surface area contributed by atoms with Crippen LogP contribution in [0.1, 0.15) is 39.5 Å². The summed E-state index contributed by atoms with van der Waals surface area (Å²) in [5, 5.41) is 3.27. The van der Waals surface area contributed by atoms with Gasteiger partial charge in [-0.2, -0.15) is 0 Å². The van der Waals surface area contributed by atoms with E-state index in [1.807, 2.05) is 44.2 Å². The van der Waals surface area contributed by atoms with Gasteiger partial charge < -0.3 is 19.5 Å². The van der Waals surface area contributed by atoms with E-state index in [0.29, 0.717) is 29.8 Å². The SMILES string of the molecule is COC(=O)[C@@H](NC(=O)COCC1CCC(COC(=O)N(c2ccccc2)c2ccc(Cl)cc2)CC1)C(C)C. The third kappa shape index (κ3) is 8.74. The Morgan fingerprint density at radius 3 is 2.08 bits per heavy atom. The van der Waals surface area contributed by atoms with E-state index in [4.69, 9.17) is 25.8 Å². The molecule has 9 heteroatoms. The minimum atomic E-state index is -0.688. The van der Waals surface area contributed by atoms with Gasteiger partial charge in [-0.25, -0.2) is 14.5 Å². The van der Waals surface area contributed by atoms with Crippen molar-refractivity contribution in [2.45, 2.75) is 45.6 Å². The van der Waals surface area contributed by atoms with Crippen molar-refractivity contribution in [3.05, 3.63) is 59.6 Å². The van der Waals surface area contributed by atoms with Crippen LogP contribution in [0.5, 0.6) is 0 Å². The number of ether oxygens (including phenoxy) is 3. The summed E-state index contributed by atoms with van der Waals surface area (Å²) >= 11 is 6.03. The number of halogens is 1. The van der Waals surface area contributed by atoms with Gasteiger partial charge in [0.2, 0.25) is 5.91 Å². The van der Waals surface area contributed by atoms with E-state index in [-0.39, 0.29) is 24.3 Å². The molecule has 1 N–H and O–H groups in total. The zero-order valence-electron chi connectivity index (χ0n) is 22.2. The molecular formula is C29H37ClN2O6. The topological polar surface area (TPSA) is 94.2 Å². The van der Waals surface area contributed by atoms with Crippen LogP contribution < -0.4 is 10.2 Å². The molecule has 1 aliphatic carbocycles. The van der Waals surface area contributed by atoms with Crippen LogP contribution in [0.25, 0.3) is 0 Å². The predicted molar refractivity (Wildman–Crippen MR) is 146 cm³/mol. The van der Waals surface area contributed by atoms with Crippen LogP contribution in [-0.2, 0) is 23.8 Å². The number of amides is 2. The lowest BCUT2D eigenvalue weighted by atomic mass is 9.83. The van der Waals surface area contributed by atoms with Gasteiger partial charge >= 0.3 is 12.1 Å². The lowest BCUT2D eigenvalue weighted by Crippen LogP contribution is -2.46. The Kier molecular flexibility index (Phi) is 11.4. The molecule has 2 aromatic rings. The second-order valence-electron chi connectivity index (χ2n) is 9.94. The van der Waals surface area contributed by atoms with Crippen LogP contribution >= 0.6 is 11.6 Å². The first-order valence-electron chi connectivity index (χ1n) is 13.0. The number of hydrogen-bond donors (Lipinski definition) is 1. The molecule has 0 spiro atoms. The quantitative estimate of drug-likeness (QED) is 0.362. The number of hydrogen-bond acceptors (Lipinski definition) is 6. The van der Waals surface area contributed by atoms with Crippen LogP contribution in [0.15, 0.2) is 54.6 Å². The summed E-state index contributed by atoms with van der Waals surface area (Å²) in [7, 11) is 1.30. The first kappa shape index (κ1) is 29.5. The Labute approximate surface area is 229 Å². The zero-order chi connectivity index (χ0) is 27.5. The molecule has 0 aliphatic heterocycles. The Hall–Kier alpha value is -3.10. The molecule has 1 saturated carbocycles. The van der Waals surface area contributed by atoms with Crippen LogP contribution in [0.2, 0.25) is 5.02 Å². The largest absolute Gasteiger partial charge is 0.467 e. The molecular weight excluding hydrogens is 508 g/mol. The van der Waals surface area contributed by atoms with Gasteiger partial charge in [0.25, 0.3) is 0 Å². The second-order valence-corrected chi connectivity index (χ2v) is 10.4. The Bertz CT molecular complexity index is 1040. The standard InChI is InChI=1S/C29H37ClN2O6/c1-20(2)27(28(34)36-3)31-26(33)19-37-17-21-9-11-22(12-10-21)18-38-29(35)32(24-7-5-4-6-8-24)25-15-13-23(30)14-16-25/h4-8,13-16,20-22,27H,9-12,17-19H2,1-3H3,(H,31,33)/t21?,22?,27-/m0/s1. The van der Waals surface area contributed by atoms with E-state index in [1.54, 1.807) is 29.2 Å². The number of esters is 1. The summed E-state index contributed by atoms with van der Waals surface area (Å²) in [6.45, 7) is 4.40. The minimum absolute atomic E-state index is 0.0817. The van der Waals surface area contributed by atoms with Gasteiger partial charge in [0, 0.05) is 5.02 Å². The molecule has 2 aromatic carbocycles. The molecule has 206 valence electrons. The fourth-order valence-electron chi connectivity index (χ4n) is 4.50. The fraction of sp³-hybridized carbons (Fsp3) is 0.483. The average molecular weight is 545 g/mol. The van der Waals surface area contributed by atoms with Crippen molar-refractivity contribution in [1.82, 2.24) is 5.32 Å². The number of benzene rings is 2. The highest BCUT2D eigenvalue weighted by atomic mass is 35.5. The van der Waals surface area contributed by atoms with Gasteiger partial charge in [-0.05, 0) is 79.8 Å². The third-order valence-electron chi connectivity index (χ3n) is 6.72. The zero-order valence-corrected chi connectivity index (χ0v) is 23.0. The molecule has 0 radical (unpaired) electrons. The van der Waals surface area contributed by atoms with Crippen molar-refractivity contribution >= 4 is 40.9 Å². The van der Waals surface area contributed by atoms with Crippen molar-refractivity contribution in [2.24, 2.45) is 17.8 Å². The number of rotatable bonds is 11. The Morgan fingerprint density at radius 1 is 0.921 bits per heavy atom. The fourth-order valence-corrected chi connectivity index (χ4v) is 4.63. The van der Waals surface area contributed by atoms with Crippen molar-refractivity contribution < 1.29 is 28.6 Å². The van der Waals surface area contributed by atoms with Gasteiger partial charge in [-0.3, -0.25) is 4.79 Å². The van der Waals surface area contributed by atoms with E-state index in [0.717, 1.165) is 31.4 Å². The van der Waals surface area contributed by atoms with E-state index in [1.165, 1.54) is 7.11 Å².